The fraction of sp³-hybridized carbons (Fsp3) is 0.419. The van der Waals surface area contributed by atoms with Gasteiger partial charge in [0.25, 0.3) is 0 Å². The van der Waals surface area contributed by atoms with Crippen molar-refractivity contribution in [1.82, 2.24) is 47.5 Å². The maximum absolute atomic E-state index is 14.2. The first-order valence-corrected chi connectivity index (χ1v) is 22.5. The third kappa shape index (κ3) is 22.6. The van der Waals surface area contributed by atoms with E-state index in [0.29, 0.717) is 10.9 Å². The number of carbonyl (C=O) groups is 17. The van der Waals surface area contributed by atoms with E-state index in [4.69, 9.17) is 15.9 Å². The predicted octanol–water partition coefficient (Wildman–Crippen LogP) is -7.20. The molecule has 2 rings (SSSR count). The molecule has 0 spiro atoms. The number of rotatable bonds is 35. The van der Waals surface area contributed by atoms with Crippen LogP contribution in [0.4, 0.5) is 0 Å². The summed E-state index contributed by atoms with van der Waals surface area (Å²) in [6, 6.07) is -13.8. The Kier molecular flexibility index (Phi) is 24.9. The summed E-state index contributed by atoms with van der Waals surface area (Å²) in [4.78, 5) is 215. The van der Waals surface area contributed by atoms with Gasteiger partial charge in [0, 0.05) is 23.5 Å². The van der Waals surface area contributed by atoms with Gasteiger partial charge in [0.15, 0.2) is 0 Å². The van der Waals surface area contributed by atoms with Gasteiger partial charge in [-0.05, 0) is 11.6 Å². The second-order valence-corrected chi connectivity index (χ2v) is 16.8. The second-order valence-electron chi connectivity index (χ2n) is 16.8. The Balaban J connectivity index is 2.58. The highest BCUT2D eigenvalue weighted by Gasteiger charge is 2.38. The van der Waals surface area contributed by atoms with Crippen molar-refractivity contribution < 1.29 is 127 Å². The summed E-state index contributed by atoms with van der Waals surface area (Å²) in [6.45, 7) is 0. The van der Waals surface area contributed by atoms with E-state index >= 15 is 0 Å². The number of para-hydroxylation sites is 1. The van der Waals surface area contributed by atoms with E-state index < -0.39 is 213 Å². The van der Waals surface area contributed by atoms with Gasteiger partial charge >= 0.3 is 53.7 Å². The second kappa shape index (κ2) is 30.3. The van der Waals surface area contributed by atoms with Crippen molar-refractivity contribution in [3.63, 3.8) is 0 Å². The summed E-state index contributed by atoms with van der Waals surface area (Å²) in [5.74, 6) is -29.0. The first kappa shape index (κ1) is 64.8. The fourth-order valence-electron chi connectivity index (χ4n) is 6.87. The van der Waals surface area contributed by atoms with Crippen LogP contribution in [0.25, 0.3) is 10.9 Å². The van der Waals surface area contributed by atoms with Crippen LogP contribution < -0.4 is 48.3 Å². The van der Waals surface area contributed by atoms with Crippen molar-refractivity contribution in [2.45, 2.75) is 112 Å². The molecule has 79 heavy (non-hydrogen) atoms. The number of aromatic amines is 1. The predicted molar refractivity (Wildman–Crippen MR) is 251 cm³/mol. The van der Waals surface area contributed by atoms with E-state index in [2.05, 4.69) is 10.3 Å². The van der Waals surface area contributed by atoms with Crippen LogP contribution >= 0.6 is 0 Å². The molecule has 0 saturated heterocycles. The normalized spacial score (nSPS) is 14.2. The van der Waals surface area contributed by atoms with Crippen LogP contribution in [0.2, 0.25) is 0 Å². The number of aromatic nitrogens is 1. The van der Waals surface area contributed by atoms with E-state index in [1.165, 1.54) is 18.3 Å². The molecule has 0 fully saturated rings. The number of carboxylic acid groups (broad SMARTS) is 9. The zero-order chi connectivity index (χ0) is 60.0. The number of H-pyrrole nitrogens is 1. The van der Waals surface area contributed by atoms with Crippen molar-refractivity contribution in [2.24, 2.45) is 5.73 Å². The highest BCUT2D eigenvalue weighted by Crippen LogP contribution is 2.20. The minimum Gasteiger partial charge on any atom is -0.481 e. The van der Waals surface area contributed by atoms with Crippen LogP contribution in [0, 0.1) is 0 Å². The van der Waals surface area contributed by atoms with Crippen LogP contribution in [0.15, 0.2) is 30.5 Å². The molecule has 8 amide bonds. The first-order valence-electron chi connectivity index (χ1n) is 22.5. The number of carboxylic acids is 9. The van der Waals surface area contributed by atoms with Gasteiger partial charge in [-0.1, -0.05) is 18.2 Å². The monoisotopic (exact) mass is 1120 g/mol. The zero-order valence-electron chi connectivity index (χ0n) is 40.5. The average Bonchev–Trinajstić information content (AvgIpc) is 3.73. The van der Waals surface area contributed by atoms with Crippen LogP contribution in [0.1, 0.15) is 56.9 Å². The summed E-state index contributed by atoms with van der Waals surface area (Å²) in [6.07, 6.45) is -9.78. The van der Waals surface area contributed by atoms with Crippen LogP contribution in [0.5, 0.6) is 0 Å². The van der Waals surface area contributed by atoms with Gasteiger partial charge in [0.05, 0.1) is 57.4 Å². The third-order valence-corrected chi connectivity index (χ3v) is 10.5. The molecule has 0 radical (unpaired) electrons. The molecular weight excluding hydrogens is 1070 g/mol. The Bertz CT molecular complexity index is 2740. The van der Waals surface area contributed by atoms with Gasteiger partial charge in [-0.3, -0.25) is 76.7 Å². The van der Waals surface area contributed by atoms with E-state index in [1.54, 1.807) is 22.8 Å². The molecule has 1 aromatic heterocycles. The lowest BCUT2D eigenvalue weighted by Gasteiger charge is -2.27. The Labute approximate surface area is 440 Å². The summed E-state index contributed by atoms with van der Waals surface area (Å²) in [5.41, 5.74) is 6.07. The number of nitrogens with two attached hydrogens (primary N) is 1. The zero-order valence-corrected chi connectivity index (χ0v) is 40.5. The SMILES string of the molecule is N[C@@H](CC(=O)O)C(=O)N[C@@H](CC(=O)O)C(=O)N[C@@H](CC(=O)O)C(=O)N[C@@H](CC(=O)O)C(=O)N[C@@H](Cc1c[nH]c2ccccc12)C(=O)N[C@@H](CC(=O)O)C(=O)N[C@@H](CC(=O)O)C(=O)N[C@@H](CC(=O)O)C(=O)N[C@@H](CC(=O)O)C(=O)O. The van der Waals surface area contributed by atoms with Crippen molar-refractivity contribution >= 4 is 112 Å². The highest BCUT2D eigenvalue weighted by molar-refractivity contribution is 6.02. The number of aliphatic carboxylic acids is 9. The van der Waals surface area contributed by atoms with Crippen molar-refractivity contribution in [2.75, 3.05) is 0 Å². The minimum absolute atomic E-state index is 0.182. The molecule has 36 nitrogen and oxygen atoms in total. The maximum atomic E-state index is 14.2. The van der Waals surface area contributed by atoms with Gasteiger partial charge in [-0.15, -0.1) is 0 Å². The third-order valence-electron chi connectivity index (χ3n) is 10.5. The number of hydrogen-bond donors (Lipinski definition) is 19. The largest absolute Gasteiger partial charge is 0.481 e. The molecule has 0 bridgehead atoms. The lowest BCUT2D eigenvalue weighted by atomic mass is 10.0. The molecule has 0 aliphatic carbocycles. The molecule has 0 saturated carbocycles. The lowest BCUT2D eigenvalue weighted by Crippen LogP contribution is -2.61. The van der Waals surface area contributed by atoms with Gasteiger partial charge < -0.3 is 99.2 Å². The van der Waals surface area contributed by atoms with Gasteiger partial charge in [-0.2, -0.15) is 0 Å². The number of hydrogen-bond acceptors (Lipinski definition) is 18. The fourth-order valence-corrected chi connectivity index (χ4v) is 6.87. The summed E-state index contributed by atoms with van der Waals surface area (Å²) in [5, 5.41) is 99.8. The van der Waals surface area contributed by atoms with Crippen LogP contribution in [0.3, 0.4) is 0 Å². The van der Waals surface area contributed by atoms with E-state index in [9.17, 15) is 117 Å². The molecule has 1 heterocycles. The van der Waals surface area contributed by atoms with Gasteiger partial charge in [0.1, 0.15) is 48.3 Å². The Morgan fingerprint density at radius 1 is 0.354 bits per heavy atom. The van der Waals surface area contributed by atoms with Gasteiger partial charge in [0.2, 0.25) is 47.3 Å². The molecule has 1 aromatic carbocycles. The summed E-state index contributed by atoms with van der Waals surface area (Å²) in [7, 11) is 0. The minimum atomic E-state index is -2.38. The lowest BCUT2D eigenvalue weighted by molar-refractivity contribution is -0.148. The summed E-state index contributed by atoms with van der Waals surface area (Å²) >= 11 is 0. The molecule has 9 atom stereocenters. The van der Waals surface area contributed by atoms with Crippen molar-refractivity contribution in [1.29, 1.82) is 0 Å². The molecule has 2 aromatic rings. The van der Waals surface area contributed by atoms with E-state index in [0.717, 1.165) is 0 Å². The van der Waals surface area contributed by atoms with E-state index in [1.807, 2.05) is 26.6 Å². The number of carbonyl (C=O) groups excluding carboxylic acids is 8. The topological polar surface area (TPSA) is 610 Å². The number of nitrogens with one attached hydrogen (secondary N) is 9. The van der Waals surface area contributed by atoms with Crippen molar-refractivity contribution in [3.8, 4) is 0 Å². The molecule has 36 heteroatoms. The number of benzene rings is 1. The van der Waals surface area contributed by atoms with Crippen LogP contribution in [-0.4, -0.2) is 206 Å². The molecule has 430 valence electrons. The Morgan fingerprint density at radius 2 is 0.608 bits per heavy atom. The smallest absolute Gasteiger partial charge is 0.326 e. The highest BCUT2D eigenvalue weighted by atomic mass is 16.4. The Hall–Kier alpha value is -10.3. The van der Waals surface area contributed by atoms with Gasteiger partial charge in [-0.25, -0.2) is 4.79 Å². The number of amides is 8. The van der Waals surface area contributed by atoms with Crippen LogP contribution in [-0.2, 0) is 87.9 Å². The number of fused-ring (bicyclic) bond motifs is 1. The molecular formula is C43H52N10O26. The molecule has 0 unspecified atom stereocenters. The first-order chi connectivity index (χ1) is 36.8. The van der Waals surface area contributed by atoms with Crippen molar-refractivity contribution in [3.05, 3.63) is 36.0 Å². The molecule has 20 N–H and O–H groups in total. The summed E-state index contributed by atoms with van der Waals surface area (Å²) < 4.78 is 0. The Morgan fingerprint density at radius 3 is 0.911 bits per heavy atom. The molecule has 0 aliphatic heterocycles. The maximum Gasteiger partial charge on any atom is 0.326 e. The quantitative estimate of drug-likeness (QED) is 0.0305. The molecule has 0 aliphatic rings. The average molecular weight is 1120 g/mol. The van der Waals surface area contributed by atoms with E-state index in [-0.39, 0.29) is 5.56 Å². The standard InChI is InChI=1S/C43H52N10O26/c44-17(6-27(54)55)35(70)46-20(7-28(56)57)37(72)49-23(10-31(62)63)40(75)50-21(8-29(58)59)38(73)47-19(5-15-14-45-18-4-2-1-3-16(15)18)36(71)48-22(9-30(60)61)39(74)51-24(11-32(64)65)41(76)52-25(12-33(66)67)42(77)53-26(43(78)79)13-34(68)69/h1-4,14,17,19-26,45H,5-13,44H2,(H,46,70)(H,47,73)(H,48,71)(H,49,72)(H,50,75)(H,51,74)(H,52,76)(H,53,77)(H,54,55)(H,56,57)(H,58,59)(H,60,61)(H,62,63)(H,64,65)(H,66,67)(H,68,69)(H,78,79)/t17-,19-,20-,21-,22-,23-,24-,25-,26-/m0/s1.